The van der Waals surface area contributed by atoms with Crippen LogP contribution < -0.4 is 11.1 Å². The number of halogens is 3. The van der Waals surface area contributed by atoms with Gasteiger partial charge in [0.2, 0.25) is 0 Å². The molecule has 5 N–H and O–H groups in total. The number of para-hydroxylation sites is 2. The van der Waals surface area contributed by atoms with Crippen molar-refractivity contribution in [2.24, 2.45) is 0 Å². The lowest BCUT2D eigenvalue weighted by Crippen LogP contribution is -1.93. The number of nitrogens with two attached hydrogens (primary N) is 1. The van der Waals surface area contributed by atoms with Crippen molar-refractivity contribution >= 4 is 104 Å². The molecule has 0 aliphatic rings. The summed E-state index contributed by atoms with van der Waals surface area (Å²) in [6.45, 7) is 0. The number of anilines is 3. The van der Waals surface area contributed by atoms with Crippen LogP contribution in [0.4, 0.5) is 17.1 Å². The average molecular weight is 899 g/mol. The second-order valence-electron chi connectivity index (χ2n) is 12.9. The van der Waals surface area contributed by atoms with Gasteiger partial charge in [-0.15, -0.1) is 0 Å². The van der Waals surface area contributed by atoms with Crippen molar-refractivity contribution in [1.82, 2.24) is 9.97 Å². The summed E-state index contributed by atoms with van der Waals surface area (Å²) in [4.78, 5) is 8.87. The molecule has 0 spiro atoms. The summed E-state index contributed by atoms with van der Waals surface area (Å²) >= 11 is 12.6. The number of benzene rings is 6. The van der Waals surface area contributed by atoms with Crippen LogP contribution in [-0.2, 0) is 0 Å². The topological polar surface area (TPSA) is 131 Å². The van der Waals surface area contributed by atoms with Crippen molar-refractivity contribution < 1.29 is 19.0 Å². The molecular weight excluding hydrogens is 868 g/mol. The predicted octanol–water partition coefficient (Wildman–Crippen LogP) is 13.9. The summed E-state index contributed by atoms with van der Waals surface area (Å²) in [6.07, 6.45) is 3.48. The molecular formula is C46H31Br2ClN4O4. The van der Waals surface area contributed by atoms with Gasteiger partial charge in [0.15, 0.2) is 0 Å². The number of aromatic nitrogens is 2. The smallest absolute Gasteiger partial charge is 0.135 e. The number of phenols is 2. The van der Waals surface area contributed by atoms with Crippen LogP contribution in [-0.4, -0.2) is 20.2 Å². The van der Waals surface area contributed by atoms with Crippen molar-refractivity contribution in [3.63, 3.8) is 0 Å². The van der Waals surface area contributed by atoms with E-state index in [0.29, 0.717) is 19.7 Å². The number of aromatic hydroxyl groups is 2. The molecule has 0 aliphatic heterocycles. The Labute approximate surface area is 348 Å². The number of fused-ring (bicyclic) bond motifs is 4. The Morgan fingerprint density at radius 2 is 1.11 bits per heavy atom. The van der Waals surface area contributed by atoms with Crippen LogP contribution in [0.2, 0.25) is 5.02 Å². The molecule has 0 aliphatic carbocycles. The lowest BCUT2D eigenvalue weighted by molar-refractivity contribution is 0.471. The molecule has 0 saturated heterocycles. The largest absolute Gasteiger partial charge is 0.507 e. The fourth-order valence-corrected chi connectivity index (χ4v) is 6.91. The van der Waals surface area contributed by atoms with E-state index in [4.69, 9.17) is 31.3 Å². The van der Waals surface area contributed by atoms with Gasteiger partial charge >= 0.3 is 0 Å². The Balaban J connectivity index is 0.000000136. The van der Waals surface area contributed by atoms with Crippen molar-refractivity contribution in [3.8, 4) is 34.1 Å². The SMILES string of the molecule is Clc1ccnc2cc(-c3cc4ccccc4o3)ccc12.Nc1ccc(Br)c(O)c1.Oc1cc(Nc2ccnc3cc(-c4cc5ccccc5o4)ccc23)ccc1Br. The van der Waals surface area contributed by atoms with Gasteiger partial charge in [-0.2, -0.15) is 0 Å². The highest BCUT2D eigenvalue weighted by Crippen LogP contribution is 2.35. The molecule has 0 bridgehead atoms. The van der Waals surface area contributed by atoms with Crippen molar-refractivity contribution in [2.45, 2.75) is 0 Å². The number of pyridine rings is 2. The van der Waals surface area contributed by atoms with Gasteiger partial charge in [0.1, 0.15) is 34.2 Å². The summed E-state index contributed by atoms with van der Waals surface area (Å²) in [5.41, 5.74) is 13.1. The molecule has 8 nitrogen and oxygen atoms in total. The Morgan fingerprint density at radius 3 is 1.68 bits per heavy atom. The van der Waals surface area contributed by atoms with Crippen LogP contribution in [0, 0.1) is 0 Å². The first-order chi connectivity index (χ1) is 27.7. The summed E-state index contributed by atoms with van der Waals surface area (Å²) in [5, 5.41) is 27.1. The number of rotatable bonds is 4. The van der Waals surface area contributed by atoms with Gasteiger partial charge in [0.25, 0.3) is 0 Å². The van der Waals surface area contributed by atoms with E-state index in [1.807, 2.05) is 109 Å². The number of nitrogens with zero attached hydrogens (tertiary/aromatic N) is 2. The third-order valence-electron chi connectivity index (χ3n) is 9.05. The number of nitrogens with one attached hydrogen (secondary N) is 1. The average Bonchev–Trinajstić information content (AvgIpc) is 3.87. The van der Waals surface area contributed by atoms with Gasteiger partial charge in [-0.3, -0.25) is 9.97 Å². The second-order valence-corrected chi connectivity index (χ2v) is 15.0. The molecule has 10 aromatic rings. The minimum absolute atomic E-state index is 0.176. The van der Waals surface area contributed by atoms with Crippen LogP contribution in [0.3, 0.4) is 0 Å². The quantitative estimate of drug-likeness (QED) is 0.129. The van der Waals surface area contributed by atoms with E-state index in [-0.39, 0.29) is 11.5 Å². The molecule has 4 heterocycles. The Kier molecular flexibility index (Phi) is 10.8. The lowest BCUT2D eigenvalue weighted by atomic mass is 10.1. The minimum atomic E-state index is 0.176. The highest BCUT2D eigenvalue weighted by atomic mass is 79.9. The van der Waals surface area contributed by atoms with E-state index in [1.165, 1.54) is 6.07 Å². The van der Waals surface area contributed by atoms with Crippen molar-refractivity contribution in [3.05, 3.63) is 172 Å². The van der Waals surface area contributed by atoms with E-state index in [0.717, 1.165) is 77.8 Å². The third-order valence-corrected chi connectivity index (χ3v) is 10.7. The van der Waals surface area contributed by atoms with E-state index >= 15 is 0 Å². The Bertz CT molecular complexity index is 2990. The standard InChI is InChI=1S/C23H15BrN2O2.C17H10ClNO.C6H6BrNO/c24-18-8-6-16(13-21(18)27)26-19-9-10-25-20-11-15(5-7-17(19)20)23-12-14-3-1-2-4-22(14)28-23;18-14-7-8-19-15-9-12(5-6-13(14)15)17-10-11-3-1-2-4-16(11)20-17;7-5-2-1-4(8)3-6(5)9/h1-13,27H,(H,25,26);1-10H;1-3,9H,8H2. The molecule has 0 unspecified atom stereocenters. The molecule has 11 heteroatoms. The van der Waals surface area contributed by atoms with Crippen LogP contribution in [0.1, 0.15) is 0 Å². The fourth-order valence-electron chi connectivity index (χ4n) is 6.20. The van der Waals surface area contributed by atoms with Gasteiger partial charge in [0.05, 0.1) is 25.0 Å². The van der Waals surface area contributed by atoms with Gasteiger partial charge in [-0.05, 0) is 111 Å². The third kappa shape index (κ3) is 8.44. The highest BCUT2D eigenvalue weighted by molar-refractivity contribution is 9.10. The van der Waals surface area contributed by atoms with Crippen LogP contribution in [0.15, 0.2) is 176 Å². The molecule has 0 saturated carbocycles. The number of hydrogen-bond donors (Lipinski definition) is 4. The van der Waals surface area contributed by atoms with Crippen LogP contribution in [0.25, 0.3) is 66.4 Å². The summed E-state index contributed by atoms with van der Waals surface area (Å²) in [7, 11) is 0. The molecule has 0 atom stereocenters. The first-order valence-corrected chi connectivity index (χ1v) is 19.6. The first-order valence-electron chi connectivity index (χ1n) is 17.6. The van der Waals surface area contributed by atoms with E-state index in [1.54, 1.807) is 42.7 Å². The normalized spacial score (nSPS) is 10.9. The molecule has 6 aromatic carbocycles. The maximum Gasteiger partial charge on any atom is 0.135 e. The monoisotopic (exact) mass is 896 g/mol. The van der Waals surface area contributed by atoms with E-state index in [2.05, 4.69) is 47.1 Å². The lowest BCUT2D eigenvalue weighted by Gasteiger charge is -2.11. The number of furan rings is 2. The maximum absolute atomic E-state index is 9.90. The summed E-state index contributed by atoms with van der Waals surface area (Å²) < 4.78 is 13.2. The van der Waals surface area contributed by atoms with Gasteiger partial charge < -0.3 is 30.1 Å². The van der Waals surface area contributed by atoms with E-state index < -0.39 is 0 Å². The molecule has 280 valence electrons. The molecule has 0 amide bonds. The van der Waals surface area contributed by atoms with Crippen molar-refractivity contribution in [1.29, 1.82) is 0 Å². The summed E-state index contributed by atoms with van der Waals surface area (Å²) in [6, 6.07) is 46.1. The number of nitrogen functional groups attached to an aromatic ring is 1. The van der Waals surface area contributed by atoms with Gasteiger partial charge in [-0.1, -0.05) is 66.2 Å². The fraction of sp³-hybridized carbons (Fsp3) is 0. The number of hydrogen-bond acceptors (Lipinski definition) is 8. The van der Waals surface area contributed by atoms with Crippen LogP contribution >= 0.6 is 43.5 Å². The summed E-state index contributed by atoms with van der Waals surface area (Å²) in [5.74, 6) is 2.03. The molecule has 4 aromatic heterocycles. The van der Waals surface area contributed by atoms with Crippen LogP contribution in [0.5, 0.6) is 11.5 Å². The zero-order valence-corrected chi connectivity index (χ0v) is 33.8. The van der Waals surface area contributed by atoms with Gasteiger partial charge in [0, 0.05) is 74.3 Å². The molecule has 57 heavy (non-hydrogen) atoms. The minimum Gasteiger partial charge on any atom is -0.507 e. The zero-order chi connectivity index (χ0) is 39.5. The maximum atomic E-state index is 9.90. The van der Waals surface area contributed by atoms with Crippen molar-refractivity contribution in [2.75, 3.05) is 11.1 Å². The molecule has 10 rings (SSSR count). The Hall–Kier alpha value is -6.33. The first kappa shape index (κ1) is 37.6. The number of phenolic OH excluding ortho intramolecular Hbond substituents is 2. The van der Waals surface area contributed by atoms with E-state index in [9.17, 15) is 5.11 Å². The molecule has 0 fully saturated rings. The second kappa shape index (κ2) is 16.4. The molecule has 0 radical (unpaired) electrons. The zero-order valence-electron chi connectivity index (χ0n) is 29.8. The Morgan fingerprint density at radius 1 is 0.561 bits per heavy atom. The predicted molar refractivity (Wildman–Crippen MR) is 238 cm³/mol. The van der Waals surface area contributed by atoms with Gasteiger partial charge in [-0.25, -0.2) is 0 Å². The highest BCUT2D eigenvalue weighted by Gasteiger charge is 2.11.